The Bertz CT molecular complexity index is 286. The second-order valence-corrected chi connectivity index (χ2v) is 12.0. The molecule has 1 saturated heterocycles. The number of hydrogen-bond acceptors (Lipinski definition) is 3. The number of amides is 1. The van der Waals surface area contributed by atoms with Crippen molar-refractivity contribution in [2.45, 2.75) is 63.1 Å². The van der Waals surface area contributed by atoms with E-state index in [1.807, 2.05) is 0 Å². The first kappa shape index (κ1) is 13.7. The summed E-state index contributed by atoms with van der Waals surface area (Å²) < 4.78 is 0. The van der Waals surface area contributed by atoms with Gasteiger partial charge in [0.15, 0.2) is 0 Å². The number of carbonyl (C=O) groups excluding carboxylic acids is 1. The van der Waals surface area contributed by atoms with Gasteiger partial charge in [0, 0.05) is 5.73 Å². The molecule has 0 bridgehead atoms. The standard InChI is InChI=1S/C11H24N2O2Si/c1-11(2,3)16(4,5)8(14)6-7-9(12)10(15)13-7/h7-9,14H,6,12H2,1-5H3,(H,13,15). The summed E-state index contributed by atoms with van der Waals surface area (Å²) in [6.07, 6.45) is 0.587. The van der Waals surface area contributed by atoms with Gasteiger partial charge < -0.3 is 16.2 Å². The van der Waals surface area contributed by atoms with Crippen LogP contribution in [0.2, 0.25) is 18.1 Å². The van der Waals surface area contributed by atoms with Crippen LogP contribution in [0.3, 0.4) is 0 Å². The lowest BCUT2D eigenvalue weighted by atomic mass is 9.97. The molecule has 16 heavy (non-hydrogen) atoms. The molecule has 0 spiro atoms. The molecule has 0 radical (unpaired) electrons. The lowest BCUT2D eigenvalue weighted by Gasteiger charge is -2.44. The zero-order chi connectivity index (χ0) is 12.7. The molecule has 3 unspecified atom stereocenters. The summed E-state index contributed by atoms with van der Waals surface area (Å²) >= 11 is 0. The zero-order valence-corrected chi connectivity index (χ0v) is 11.9. The molecule has 1 aliphatic heterocycles. The maximum absolute atomic E-state index is 11.0. The highest BCUT2D eigenvalue weighted by Gasteiger charge is 2.45. The number of aliphatic hydroxyl groups is 1. The fourth-order valence-corrected chi connectivity index (χ4v) is 3.54. The van der Waals surface area contributed by atoms with Crippen molar-refractivity contribution in [3.05, 3.63) is 0 Å². The molecular formula is C11H24N2O2Si. The molecule has 0 aromatic heterocycles. The van der Waals surface area contributed by atoms with Gasteiger partial charge in [0.05, 0.1) is 14.1 Å². The van der Waals surface area contributed by atoms with Crippen molar-refractivity contribution >= 4 is 14.0 Å². The van der Waals surface area contributed by atoms with Gasteiger partial charge in [0.25, 0.3) is 0 Å². The van der Waals surface area contributed by atoms with E-state index in [-0.39, 0.29) is 22.7 Å². The second kappa shape index (κ2) is 4.12. The van der Waals surface area contributed by atoms with Gasteiger partial charge in [-0.3, -0.25) is 4.79 Å². The number of aliphatic hydroxyl groups excluding tert-OH is 1. The number of β-lactam (4-membered cyclic amide) rings is 1. The van der Waals surface area contributed by atoms with Crippen LogP contribution >= 0.6 is 0 Å². The highest BCUT2D eigenvalue weighted by atomic mass is 28.3. The third-order valence-electron chi connectivity index (χ3n) is 4.31. The molecule has 1 aliphatic rings. The van der Waals surface area contributed by atoms with E-state index in [1.54, 1.807) is 0 Å². The number of hydrogen-bond donors (Lipinski definition) is 3. The minimum absolute atomic E-state index is 0.0448. The zero-order valence-electron chi connectivity index (χ0n) is 10.9. The molecule has 0 aromatic rings. The van der Waals surface area contributed by atoms with E-state index < -0.39 is 14.1 Å². The average Bonchev–Trinajstić information content (AvgIpc) is 2.14. The van der Waals surface area contributed by atoms with Crippen LogP contribution in [0.5, 0.6) is 0 Å². The van der Waals surface area contributed by atoms with E-state index in [1.165, 1.54) is 0 Å². The fraction of sp³-hybridized carbons (Fsp3) is 0.909. The lowest BCUT2D eigenvalue weighted by molar-refractivity contribution is -0.130. The number of rotatable bonds is 3. The number of nitrogens with two attached hydrogens (primary N) is 1. The first-order chi connectivity index (χ1) is 7.07. The Morgan fingerprint density at radius 2 is 2.00 bits per heavy atom. The van der Waals surface area contributed by atoms with Crippen LogP contribution in [0.15, 0.2) is 0 Å². The van der Waals surface area contributed by atoms with Crippen molar-refractivity contribution in [2.75, 3.05) is 0 Å². The molecule has 0 aromatic carbocycles. The summed E-state index contributed by atoms with van der Waals surface area (Å²) in [7, 11) is -1.76. The van der Waals surface area contributed by atoms with Gasteiger partial charge in [-0.2, -0.15) is 0 Å². The lowest BCUT2D eigenvalue weighted by Crippen LogP contribution is -2.68. The SMILES string of the molecule is CC(C)(C)[Si](C)(C)C(O)CC1NC(=O)C1N. The Hall–Kier alpha value is -0.393. The van der Waals surface area contributed by atoms with Gasteiger partial charge >= 0.3 is 0 Å². The maximum atomic E-state index is 11.0. The monoisotopic (exact) mass is 244 g/mol. The minimum atomic E-state index is -1.76. The van der Waals surface area contributed by atoms with Crippen LogP contribution in [0, 0.1) is 0 Å². The Balaban J connectivity index is 2.59. The summed E-state index contributed by atoms with van der Waals surface area (Å²) in [4.78, 5) is 11.0. The van der Waals surface area contributed by atoms with E-state index in [0.717, 1.165) is 0 Å². The molecule has 4 nitrogen and oxygen atoms in total. The van der Waals surface area contributed by atoms with Crippen molar-refractivity contribution < 1.29 is 9.90 Å². The van der Waals surface area contributed by atoms with Crippen LogP contribution in [0.4, 0.5) is 0 Å². The second-order valence-electron chi connectivity index (χ2n) is 6.36. The van der Waals surface area contributed by atoms with Crippen LogP contribution in [0.1, 0.15) is 27.2 Å². The van der Waals surface area contributed by atoms with Gasteiger partial charge in [-0.25, -0.2) is 0 Å². The predicted molar refractivity (Wildman–Crippen MR) is 67.7 cm³/mol. The van der Waals surface area contributed by atoms with Gasteiger partial charge in [0.2, 0.25) is 5.91 Å². The van der Waals surface area contributed by atoms with Crippen molar-refractivity contribution in [3.8, 4) is 0 Å². The highest BCUT2D eigenvalue weighted by molar-refractivity contribution is 6.81. The first-order valence-corrected chi connectivity index (χ1v) is 8.89. The maximum Gasteiger partial charge on any atom is 0.239 e. The third kappa shape index (κ3) is 2.31. The van der Waals surface area contributed by atoms with E-state index in [0.29, 0.717) is 6.42 Å². The summed E-state index contributed by atoms with van der Waals surface area (Å²) in [5.74, 6) is -0.104. The van der Waals surface area contributed by atoms with Crippen LogP contribution in [-0.2, 0) is 4.79 Å². The molecule has 94 valence electrons. The minimum Gasteiger partial charge on any atom is -0.396 e. The van der Waals surface area contributed by atoms with Crippen LogP contribution in [0.25, 0.3) is 0 Å². The normalized spacial score (nSPS) is 28.3. The summed E-state index contributed by atoms with van der Waals surface area (Å²) in [5, 5.41) is 13.2. The van der Waals surface area contributed by atoms with Crippen molar-refractivity contribution in [3.63, 3.8) is 0 Å². The molecule has 1 rings (SSSR count). The Morgan fingerprint density at radius 3 is 2.31 bits per heavy atom. The Kier molecular flexibility index (Phi) is 3.52. The van der Waals surface area contributed by atoms with Crippen LogP contribution < -0.4 is 11.1 Å². The molecular weight excluding hydrogens is 220 g/mol. The molecule has 0 aliphatic carbocycles. The average molecular weight is 244 g/mol. The van der Waals surface area contributed by atoms with E-state index in [4.69, 9.17) is 5.73 Å². The Labute approximate surface area is 98.6 Å². The molecule has 1 amide bonds. The van der Waals surface area contributed by atoms with E-state index in [2.05, 4.69) is 39.2 Å². The first-order valence-electron chi connectivity index (χ1n) is 5.81. The molecule has 3 atom stereocenters. The van der Waals surface area contributed by atoms with Crippen molar-refractivity contribution in [1.29, 1.82) is 0 Å². The summed E-state index contributed by atoms with van der Waals surface area (Å²) in [5.41, 5.74) is 5.33. The van der Waals surface area contributed by atoms with Crippen molar-refractivity contribution in [2.24, 2.45) is 5.73 Å². The molecule has 1 fully saturated rings. The van der Waals surface area contributed by atoms with Crippen LogP contribution in [-0.4, -0.2) is 36.9 Å². The highest BCUT2D eigenvalue weighted by Crippen LogP contribution is 2.39. The predicted octanol–water partition coefficient (Wildman–Crippen LogP) is 0.611. The number of carbonyl (C=O) groups is 1. The number of nitrogens with one attached hydrogen (secondary N) is 1. The van der Waals surface area contributed by atoms with Gasteiger partial charge in [0.1, 0.15) is 6.04 Å². The molecule has 5 heteroatoms. The topological polar surface area (TPSA) is 75.3 Å². The van der Waals surface area contributed by atoms with Gasteiger partial charge in [-0.1, -0.05) is 33.9 Å². The third-order valence-corrected chi connectivity index (χ3v) is 10.1. The summed E-state index contributed by atoms with van der Waals surface area (Å²) in [6.45, 7) is 10.9. The van der Waals surface area contributed by atoms with Gasteiger partial charge in [-0.15, -0.1) is 0 Å². The largest absolute Gasteiger partial charge is 0.396 e. The molecule has 4 N–H and O–H groups in total. The molecule has 1 heterocycles. The smallest absolute Gasteiger partial charge is 0.239 e. The van der Waals surface area contributed by atoms with Gasteiger partial charge in [-0.05, 0) is 11.5 Å². The summed E-state index contributed by atoms with van der Waals surface area (Å²) in [6, 6.07) is -0.476. The molecule has 0 saturated carbocycles. The van der Waals surface area contributed by atoms with E-state index >= 15 is 0 Å². The van der Waals surface area contributed by atoms with Crippen molar-refractivity contribution in [1.82, 2.24) is 5.32 Å². The quantitative estimate of drug-likeness (QED) is 0.503. The fourth-order valence-electron chi connectivity index (χ4n) is 1.70. The van der Waals surface area contributed by atoms with E-state index in [9.17, 15) is 9.90 Å². The Morgan fingerprint density at radius 1 is 1.50 bits per heavy atom.